The molecular weight excluding hydrogens is 310 g/mol. The summed E-state index contributed by atoms with van der Waals surface area (Å²) in [5.74, 6) is 0.324. The second-order valence-corrected chi connectivity index (χ2v) is 6.19. The molecule has 0 bridgehead atoms. The van der Waals surface area contributed by atoms with Crippen molar-refractivity contribution in [2.45, 2.75) is 44.8 Å². The minimum Gasteiger partial charge on any atom is -0.460 e. The van der Waals surface area contributed by atoms with Crippen LogP contribution in [-0.4, -0.2) is 23.7 Å². The highest BCUT2D eigenvalue weighted by Crippen LogP contribution is 2.38. The van der Waals surface area contributed by atoms with Crippen LogP contribution in [0.4, 0.5) is 8.78 Å². The Morgan fingerprint density at radius 1 is 1.45 bits per heavy atom. The van der Waals surface area contributed by atoms with Gasteiger partial charge in [-0.2, -0.15) is 0 Å². The van der Waals surface area contributed by atoms with Crippen molar-refractivity contribution in [3.05, 3.63) is 29.7 Å². The molecule has 3 aliphatic rings. The molecule has 118 valence electrons. The lowest BCUT2D eigenvalue weighted by Gasteiger charge is -2.33. The standard InChI is InChI=1S/C16H17ClF2N2O/c1-2-11-8-10(5-3-4-9-6-7-9)12-13(17)20-15(14(18)19)21-16(12)22-11/h8-9,12,14,16H,1,3-7H2. The monoisotopic (exact) mass is 326 g/mol. The van der Waals surface area contributed by atoms with Crippen molar-refractivity contribution in [2.24, 2.45) is 21.8 Å². The Kier molecular flexibility index (Phi) is 4.46. The van der Waals surface area contributed by atoms with E-state index in [0.29, 0.717) is 5.76 Å². The van der Waals surface area contributed by atoms with E-state index in [1.807, 2.05) is 6.08 Å². The van der Waals surface area contributed by atoms with Crippen LogP contribution in [0, 0.1) is 11.8 Å². The third-order valence-electron chi connectivity index (χ3n) is 4.13. The summed E-state index contributed by atoms with van der Waals surface area (Å²) in [6, 6.07) is 0. The van der Waals surface area contributed by atoms with Crippen LogP contribution in [0.1, 0.15) is 32.1 Å². The van der Waals surface area contributed by atoms with Gasteiger partial charge in [0.2, 0.25) is 6.23 Å². The van der Waals surface area contributed by atoms with Gasteiger partial charge in [-0.05, 0) is 24.8 Å². The third-order valence-corrected chi connectivity index (χ3v) is 4.45. The Balaban J connectivity index is 1.80. The fraction of sp³-hybridized carbons (Fsp3) is 0.562. The summed E-state index contributed by atoms with van der Waals surface area (Å²) < 4.78 is 31.2. The first-order valence-corrected chi connectivity index (χ1v) is 7.83. The topological polar surface area (TPSA) is 34.0 Å². The van der Waals surface area contributed by atoms with E-state index < -0.39 is 18.5 Å². The molecule has 0 N–H and O–H groups in total. The van der Waals surface area contributed by atoms with Gasteiger partial charge in [-0.15, -0.1) is 0 Å². The van der Waals surface area contributed by atoms with E-state index in [0.717, 1.165) is 24.3 Å². The predicted molar refractivity (Wildman–Crippen MR) is 82.4 cm³/mol. The number of hydrogen-bond acceptors (Lipinski definition) is 3. The lowest BCUT2D eigenvalue weighted by atomic mass is 9.90. The van der Waals surface area contributed by atoms with Crippen molar-refractivity contribution >= 4 is 22.6 Å². The average Bonchev–Trinajstić information content (AvgIpc) is 3.30. The Labute approximate surface area is 133 Å². The molecule has 1 saturated carbocycles. The highest BCUT2D eigenvalue weighted by atomic mass is 35.5. The first-order chi connectivity index (χ1) is 10.6. The molecule has 3 rings (SSSR count). The van der Waals surface area contributed by atoms with Gasteiger partial charge in [0.15, 0.2) is 11.6 Å². The Morgan fingerprint density at radius 2 is 2.23 bits per heavy atom. The van der Waals surface area contributed by atoms with E-state index in [-0.39, 0.29) is 11.1 Å². The Bertz CT molecular complexity index is 601. The summed E-state index contributed by atoms with van der Waals surface area (Å²) in [5, 5.41) is 0.121. The van der Waals surface area contributed by atoms with Crippen LogP contribution in [-0.2, 0) is 4.74 Å². The first-order valence-electron chi connectivity index (χ1n) is 7.45. The quantitative estimate of drug-likeness (QED) is 0.687. The fourth-order valence-corrected chi connectivity index (χ4v) is 3.14. The first kappa shape index (κ1) is 15.4. The Hall–Kier alpha value is -1.45. The molecule has 0 amide bonds. The summed E-state index contributed by atoms with van der Waals surface area (Å²) in [6.45, 7) is 3.56. The normalized spacial score (nSPS) is 27.5. The molecule has 3 nitrogen and oxygen atoms in total. The number of fused-ring (bicyclic) bond motifs is 1. The zero-order chi connectivity index (χ0) is 15.7. The van der Waals surface area contributed by atoms with Crippen molar-refractivity contribution in [1.29, 1.82) is 0 Å². The van der Waals surface area contributed by atoms with Gasteiger partial charge in [-0.1, -0.05) is 48.7 Å². The molecule has 1 aliphatic carbocycles. The zero-order valence-electron chi connectivity index (χ0n) is 12.1. The van der Waals surface area contributed by atoms with Gasteiger partial charge < -0.3 is 4.74 Å². The molecule has 2 aliphatic heterocycles. The second-order valence-electron chi connectivity index (χ2n) is 5.80. The number of ether oxygens (including phenoxy) is 1. The molecule has 0 spiro atoms. The molecular formula is C16H17ClF2N2O. The van der Waals surface area contributed by atoms with Crippen LogP contribution in [0.5, 0.6) is 0 Å². The number of aliphatic imine (C=N–C) groups is 2. The number of halogens is 3. The van der Waals surface area contributed by atoms with Gasteiger partial charge in [-0.25, -0.2) is 18.8 Å². The van der Waals surface area contributed by atoms with Crippen molar-refractivity contribution < 1.29 is 13.5 Å². The van der Waals surface area contributed by atoms with Crippen molar-refractivity contribution in [2.75, 3.05) is 0 Å². The summed E-state index contributed by atoms with van der Waals surface area (Å²) in [7, 11) is 0. The highest BCUT2D eigenvalue weighted by Gasteiger charge is 2.38. The molecule has 0 aromatic carbocycles. The SMILES string of the molecule is C=C=C1C=C(CCCC2CC2)C2C(Cl)=NC(C(F)F)=NC2O1. The van der Waals surface area contributed by atoms with E-state index in [9.17, 15) is 8.78 Å². The minimum atomic E-state index is -2.77. The van der Waals surface area contributed by atoms with Crippen LogP contribution in [0.15, 0.2) is 39.7 Å². The van der Waals surface area contributed by atoms with E-state index in [1.165, 1.54) is 19.3 Å². The van der Waals surface area contributed by atoms with E-state index in [1.54, 1.807) is 0 Å². The minimum absolute atomic E-state index is 0.121. The van der Waals surface area contributed by atoms with Crippen molar-refractivity contribution in [3.63, 3.8) is 0 Å². The largest absolute Gasteiger partial charge is 0.460 e. The number of amidine groups is 1. The summed E-state index contributed by atoms with van der Waals surface area (Å²) in [5.41, 5.74) is 3.67. The van der Waals surface area contributed by atoms with Crippen molar-refractivity contribution in [3.8, 4) is 0 Å². The van der Waals surface area contributed by atoms with Gasteiger partial charge in [0.1, 0.15) is 5.17 Å². The molecule has 22 heavy (non-hydrogen) atoms. The van der Waals surface area contributed by atoms with Gasteiger partial charge >= 0.3 is 0 Å². The van der Waals surface area contributed by atoms with E-state index in [2.05, 4.69) is 22.3 Å². The molecule has 2 unspecified atom stereocenters. The fourth-order valence-electron chi connectivity index (χ4n) is 2.81. The number of nitrogens with zero attached hydrogens (tertiary/aromatic N) is 2. The number of hydrogen-bond donors (Lipinski definition) is 0. The highest BCUT2D eigenvalue weighted by molar-refractivity contribution is 6.67. The van der Waals surface area contributed by atoms with Gasteiger partial charge in [0, 0.05) is 0 Å². The lowest BCUT2D eigenvalue weighted by molar-refractivity contribution is 0.0987. The third kappa shape index (κ3) is 3.31. The van der Waals surface area contributed by atoms with E-state index in [4.69, 9.17) is 16.3 Å². The van der Waals surface area contributed by atoms with Gasteiger partial charge in [0.05, 0.1) is 5.92 Å². The molecule has 6 heteroatoms. The summed E-state index contributed by atoms with van der Waals surface area (Å²) in [6.07, 6.45) is 3.96. The maximum absolute atomic E-state index is 12.8. The number of allylic oxidation sites excluding steroid dienone is 1. The molecule has 1 fully saturated rings. The summed E-state index contributed by atoms with van der Waals surface area (Å²) >= 11 is 6.14. The van der Waals surface area contributed by atoms with Crippen LogP contribution < -0.4 is 0 Å². The van der Waals surface area contributed by atoms with Crippen LogP contribution >= 0.6 is 11.6 Å². The Morgan fingerprint density at radius 3 is 2.86 bits per heavy atom. The smallest absolute Gasteiger partial charge is 0.297 e. The van der Waals surface area contributed by atoms with Crippen LogP contribution in [0.25, 0.3) is 0 Å². The van der Waals surface area contributed by atoms with Crippen LogP contribution in [0.3, 0.4) is 0 Å². The number of rotatable bonds is 5. The molecule has 0 radical (unpaired) electrons. The number of alkyl halides is 2. The zero-order valence-corrected chi connectivity index (χ0v) is 12.8. The molecule has 0 aromatic rings. The average molecular weight is 327 g/mol. The molecule has 2 heterocycles. The predicted octanol–water partition coefficient (Wildman–Crippen LogP) is 4.45. The van der Waals surface area contributed by atoms with E-state index >= 15 is 0 Å². The maximum Gasteiger partial charge on any atom is 0.297 e. The maximum atomic E-state index is 12.8. The lowest BCUT2D eigenvalue weighted by Crippen LogP contribution is -2.37. The van der Waals surface area contributed by atoms with Gasteiger partial charge in [0.25, 0.3) is 6.43 Å². The summed E-state index contributed by atoms with van der Waals surface area (Å²) in [4.78, 5) is 7.64. The second kappa shape index (κ2) is 6.35. The molecule has 2 atom stereocenters. The van der Waals surface area contributed by atoms with Crippen molar-refractivity contribution in [1.82, 2.24) is 0 Å². The van der Waals surface area contributed by atoms with Gasteiger partial charge in [-0.3, -0.25) is 0 Å². The molecule has 0 aromatic heterocycles. The molecule has 0 saturated heterocycles. The van der Waals surface area contributed by atoms with Crippen LogP contribution in [0.2, 0.25) is 0 Å².